The molecular formula is C60H34B2N4. The summed E-state index contributed by atoms with van der Waals surface area (Å²) in [6.45, 7) is -0.0507. The Morgan fingerprint density at radius 3 is 1.64 bits per heavy atom. The van der Waals surface area contributed by atoms with Crippen LogP contribution in [0, 0.1) is 0 Å². The second kappa shape index (κ2) is 11.8. The van der Waals surface area contributed by atoms with Gasteiger partial charge in [-0.1, -0.05) is 158 Å². The molecular weight excluding hydrogens is 798 g/mol. The molecule has 0 atom stereocenters. The molecule has 0 amide bonds. The third-order valence-electron chi connectivity index (χ3n) is 15.8. The van der Waals surface area contributed by atoms with E-state index in [0.717, 1.165) is 5.69 Å². The number of anilines is 3. The number of hydrogen-bond acceptors (Lipinski definition) is 1. The topological polar surface area (TPSA) is 18.0 Å². The highest BCUT2D eigenvalue weighted by molar-refractivity contribution is 6.91. The predicted octanol–water partition coefficient (Wildman–Crippen LogP) is 12.0. The summed E-state index contributed by atoms with van der Waals surface area (Å²) < 4.78 is 7.92. The molecule has 4 nitrogen and oxygen atoms in total. The monoisotopic (exact) mass is 832 g/mol. The van der Waals surface area contributed by atoms with Crippen LogP contribution in [0.15, 0.2) is 206 Å². The number of nitrogens with zero attached hydrogens (tertiary/aromatic N) is 4. The molecule has 6 heteroatoms. The maximum atomic E-state index is 2.68. The molecule has 0 spiro atoms. The highest BCUT2D eigenvalue weighted by Gasteiger charge is 2.45. The Bertz CT molecular complexity index is 4380. The van der Waals surface area contributed by atoms with Crippen LogP contribution in [-0.4, -0.2) is 27.2 Å². The average molecular weight is 833 g/mol. The minimum absolute atomic E-state index is 0.0113. The van der Waals surface area contributed by atoms with E-state index in [9.17, 15) is 0 Å². The van der Waals surface area contributed by atoms with Gasteiger partial charge in [0.05, 0.1) is 11.0 Å². The quantitative estimate of drug-likeness (QED) is 0.159. The van der Waals surface area contributed by atoms with E-state index < -0.39 is 0 Å². The summed E-state index contributed by atoms with van der Waals surface area (Å²) in [4.78, 5) is 2.51. The van der Waals surface area contributed by atoms with E-state index in [1.54, 1.807) is 0 Å². The first-order valence-corrected chi connectivity index (χ1v) is 23.2. The van der Waals surface area contributed by atoms with Crippen LogP contribution in [-0.2, 0) is 0 Å². The zero-order valence-electron chi connectivity index (χ0n) is 35.6. The number of fused-ring (bicyclic) bond motifs is 17. The first-order chi connectivity index (χ1) is 32.8. The molecule has 0 radical (unpaired) electrons. The Morgan fingerprint density at radius 1 is 0.318 bits per heavy atom. The van der Waals surface area contributed by atoms with Gasteiger partial charge in [-0.05, 0) is 92.6 Å². The molecule has 4 aliphatic heterocycles. The lowest BCUT2D eigenvalue weighted by molar-refractivity contribution is 1.17. The third kappa shape index (κ3) is 3.87. The van der Waals surface area contributed by atoms with E-state index in [1.807, 2.05) is 0 Å². The van der Waals surface area contributed by atoms with Crippen molar-refractivity contribution in [2.45, 2.75) is 0 Å². The highest BCUT2D eigenvalue weighted by atomic mass is 15.2. The summed E-state index contributed by atoms with van der Waals surface area (Å²) in [6, 6.07) is 78.1. The van der Waals surface area contributed by atoms with E-state index >= 15 is 0 Å². The van der Waals surface area contributed by atoms with Gasteiger partial charge in [0.15, 0.2) is 0 Å². The first-order valence-electron chi connectivity index (χ1n) is 23.2. The van der Waals surface area contributed by atoms with E-state index in [4.69, 9.17) is 0 Å². The summed E-state index contributed by atoms with van der Waals surface area (Å²) in [5.41, 5.74) is 25.7. The molecule has 0 unspecified atom stereocenters. The maximum absolute atomic E-state index is 2.68. The van der Waals surface area contributed by atoms with Crippen molar-refractivity contribution >= 4 is 118 Å². The van der Waals surface area contributed by atoms with Gasteiger partial charge < -0.3 is 18.4 Å². The highest BCUT2D eigenvalue weighted by Crippen LogP contribution is 2.49. The zero-order valence-corrected chi connectivity index (χ0v) is 35.6. The largest absolute Gasteiger partial charge is 0.375 e. The number of para-hydroxylation sites is 7. The molecule has 0 saturated carbocycles. The number of benzene rings is 10. The summed E-state index contributed by atoms with van der Waals surface area (Å²) in [7, 11) is 0. The van der Waals surface area contributed by atoms with Gasteiger partial charge in [0.25, 0.3) is 0 Å². The van der Waals surface area contributed by atoms with E-state index in [-0.39, 0.29) is 13.7 Å². The molecule has 0 N–H and O–H groups in total. The molecule has 300 valence electrons. The van der Waals surface area contributed by atoms with Crippen molar-refractivity contribution in [2.75, 3.05) is 4.90 Å². The molecule has 7 heterocycles. The smallest absolute Gasteiger partial charge is 0.333 e. The van der Waals surface area contributed by atoms with Gasteiger partial charge in [0, 0.05) is 88.3 Å². The van der Waals surface area contributed by atoms with Crippen molar-refractivity contribution < 1.29 is 0 Å². The van der Waals surface area contributed by atoms with Gasteiger partial charge in [-0.3, -0.25) is 0 Å². The maximum Gasteiger partial charge on any atom is 0.333 e. The fourth-order valence-corrected chi connectivity index (χ4v) is 13.4. The lowest BCUT2D eigenvalue weighted by Crippen LogP contribution is -2.56. The van der Waals surface area contributed by atoms with E-state index in [0.29, 0.717) is 0 Å². The SMILES string of the molecule is c1ccc(N2c3ccc(-c4ccc5c6c4-c4cccc7c8ccccc8n(c47)B6c4cccc6c7ccccc7n-5c46)cc3B3c4c(cccc42)-c2cccc4c5ccccc5n3c24)cc1. The number of aromatic nitrogens is 3. The van der Waals surface area contributed by atoms with Crippen LogP contribution in [0.4, 0.5) is 17.1 Å². The Kier molecular flexibility index (Phi) is 6.08. The van der Waals surface area contributed by atoms with Crippen molar-refractivity contribution in [1.29, 1.82) is 0 Å². The second-order valence-corrected chi connectivity index (χ2v) is 18.7. The second-order valence-electron chi connectivity index (χ2n) is 18.7. The molecule has 0 bridgehead atoms. The molecule has 0 aliphatic carbocycles. The average Bonchev–Trinajstić information content (AvgIpc) is 4.03. The van der Waals surface area contributed by atoms with Crippen molar-refractivity contribution in [1.82, 2.24) is 13.5 Å². The van der Waals surface area contributed by atoms with Crippen LogP contribution in [0.2, 0.25) is 0 Å². The van der Waals surface area contributed by atoms with Crippen LogP contribution in [0.3, 0.4) is 0 Å². The van der Waals surface area contributed by atoms with Gasteiger partial charge in [-0.2, -0.15) is 0 Å². The normalized spacial score (nSPS) is 13.7. The molecule has 66 heavy (non-hydrogen) atoms. The van der Waals surface area contributed by atoms with Crippen molar-refractivity contribution in [2.24, 2.45) is 0 Å². The van der Waals surface area contributed by atoms with Crippen LogP contribution in [0.5, 0.6) is 0 Å². The van der Waals surface area contributed by atoms with Gasteiger partial charge >= 0.3 is 13.7 Å². The molecule has 0 saturated heterocycles. The van der Waals surface area contributed by atoms with Crippen molar-refractivity contribution in [3.05, 3.63) is 206 Å². The van der Waals surface area contributed by atoms with Gasteiger partial charge in [-0.25, -0.2) is 0 Å². The molecule has 13 aromatic rings. The van der Waals surface area contributed by atoms with Crippen molar-refractivity contribution in [3.63, 3.8) is 0 Å². The predicted molar refractivity (Wildman–Crippen MR) is 279 cm³/mol. The molecule has 10 aromatic carbocycles. The molecule has 0 fully saturated rings. The summed E-state index contributed by atoms with van der Waals surface area (Å²) >= 11 is 0. The van der Waals surface area contributed by atoms with Crippen LogP contribution >= 0.6 is 0 Å². The zero-order chi connectivity index (χ0) is 42.5. The third-order valence-corrected chi connectivity index (χ3v) is 15.8. The molecule has 4 aliphatic rings. The fraction of sp³-hybridized carbons (Fsp3) is 0. The first kappa shape index (κ1) is 34.0. The van der Waals surface area contributed by atoms with Gasteiger partial charge in [0.2, 0.25) is 0 Å². The standard InChI is InChI=1S/C60H34B2N4/c1-2-14-36(15-3-1)63-52-32-30-35(34-48(52)62-56-41(19-13-29-53(56)63)45-22-10-20-42-39-17-5-8-27-50(39)65(62)58(42)45)37-31-33-54-57-55(37)46-24-11-21-43-40-18-6-9-28-51(40)66(59(43)46)61(57)47-25-12-23-44-38-16-4-7-26-49(38)64(54)60(44)47/h1-34H. The van der Waals surface area contributed by atoms with Gasteiger partial charge in [-0.15, -0.1) is 0 Å². The summed E-state index contributed by atoms with van der Waals surface area (Å²) in [5, 5.41) is 7.82. The minimum atomic E-state index is -0.0393. The van der Waals surface area contributed by atoms with Gasteiger partial charge in [0.1, 0.15) is 0 Å². The molecule has 17 rings (SSSR count). The number of hydrogen-bond donors (Lipinski definition) is 0. The van der Waals surface area contributed by atoms with Crippen LogP contribution in [0.1, 0.15) is 0 Å². The minimum Gasteiger partial charge on any atom is -0.375 e. The number of rotatable bonds is 2. The summed E-state index contributed by atoms with van der Waals surface area (Å²) in [5.74, 6) is 0. The van der Waals surface area contributed by atoms with Crippen molar-refractivity contribution in [3.8, 4) is 39.1 Å². The van der Waals surface area contributed by atoms with E-state index in [1.165, 1.54) is 138 Å². The van der Waals surface area contributed by atoms with Crippen LogP contribution < -0.4 is 26.8 Å². The lowest BCUT2D eigenvalue weighted by Gasteiger charge is -2.40. The van der Waals surface area contributed by atoms with E-state index in [2.05, 4.69) is 225 Å². The molecule has 3 aromatic heterocycles. The Morgan fingerprint density at radius 2 is 0.879 bits per heavy atom. The Hall–Kier alpha value is -8.47. The fourth-order valence-electron chi connectivity index (χ4n) is 13.4. The summed E-state index contributed by atoms with van der Waals surface area (Å²) in [6.07, 6.45) is 0. The Balaban J connectivity index is 1.01. The lowest BCUT2D eigenvalue weighted by atomic mass is 9.44. The van der Waals surface area contributed by atoms with Crippen LogP contribution in [0.25, 0.3) is 104 Å². The Labute approximate surface area is 380 Å².